The standard InChI is InChI=1S/C13H12N2O5S2/c1-20-8-4-6(12(18)19)2-3-7(8)14-10(16)5-9-11(17)15-13(21)22-9/h2-4,9H,5H2,1H3,(H,14,16)(H,18,19)(H,15,17,21)/t9-/m1/s1. The molecule has 0 unspecified atom stereocenters. The summed E-state index contributed by atoms with van der Waals surface area (Å²) in [6.45, 7) is 0. The molecule has 1 fully saturated rings. The number of benzene rings is 1. The van der Waals surface area contributed by atoms with Crippen LogP contribution < -0.4 is 15.4 Å². The molecule has 1 aromatic rings. The zero-order valence-electron chi connectivity index (χ0n) is 11.4. The van der Waals surface area contributed by atoms with E-state index in [0.29, 0.717) is 10.0 Å². The Bertz CT molecular complexity index is 662. The number of carbonyl (C=O) groups excluding carboxylic acids is 2. The van der Waals surface area contributed by atoms with E-state index in [-0.39, 0.29) is 23.6 Å². The van der Waals surface area contributed by atoms with Crippen molar-refractivity contribution < 1.29 is 24.2 Å². The van der Waals surface area contributed by atoms with Gasteiger partial charge >= 0.3 is 5.97 Å². The maximum atomic E-state index is 12.0. The van der Waals surface area contributed by atoms with Gasteiger partial charge in [-0.25, -0.2) is 4.79 Å². The number of amides is 2. The van der Waals surface area contributed by atoms with E-state index in [9.17, 15) is 14.4 Å². The van der Waals surface area contributed by atoms with Gasteiger partial charge in [-0.2, -0.15) is 0 Å². The van der Waals surface area contributed by atoms with Gasteiger partial charge in [0.1, 0.15) is 10.1 Å². The molecule has 0 saturated carbocycles. The number of carbonyl (C=O) groups is 3. The number of ether oxygens (including phenoxy) is 1. The highest BCUT2D eigenvalue weighted by atomic mass is 32.2. The lowest BCUT2D eigenvalue weighted by molar-refractivity contribution is -0.122. The predicted molar refractivity (Wildman–Crippen MR) is 85.3 cm³/mol. The maximum Gasteiger partial charge on any atom is 0.335 e. The van der Waals surface area contributed by atoms with Gasteiger partial charge < -0.3 is 20.5 Å². The van der Waals surface area contributed by atoms with Crippen LogP contribution in [0.4, 0.5) is 5.69 Å². The van der Waals surface area contributed by atoms with E-state index >= 15 is 0 Å². The Hall–Kier alpha value is -2.13. The number of thioether (sulfide) groups is 1. The summed E-state index contributed by atoms with van der Waals surface area (Å²) in [4.78, 5) is 34.4. The first-order chi connectivity index (χ1) is 10.4. The predicted octanol–water partition coefficient (Wildman–Crippen LogP) is 1.24. The summed E-state index contributed by atoms with van der Waals surface area (Å²) in [7, 11) is 1.37. The number of rotatable bonds is 5. The lowest BCUT2D eigenvalue weighted by atomic mass is 10.2. The summed E-state index contributed by atoms with van der Waals surface area (Å²) in [6.07, 6.45) is -0.0412. The Morgan fingerprint density at radius 2 is 2.23 bits per heavy atom. The van der Waals surface area contributed by atoms with Gasteiger partial charge in [0.15, 0.2) is 0 Å². The summed E-state index contributed by atoms with van der Waals surface area (Å²) in [5, 5.41) is 13.4. The first kappa shape index (κ1) is 16.2. The van der Waals surface area contributed by atoms with Crippen molar-refractivity contribution in [1.29, 1.82) is 0 Å². The molecule has 0 bridgehead atoms. The van der Waals surface area contributed by atoms with Crippen LogP contribution in [0.5, 0.6) is 5.75 Å². The Labute approximate surface area is 135 Å². The molecule has 0 radical (unpaired) electrons. The lowest BCUT2D eigenvalue weighted by Crippen LogP contribution is -2.27. The second-order valence-electron chi connectivity index (χ2n) is 4.36. The molecule has 116 valence electrons. The fourth-order valence-corrected chi connectivity index (χ4v) is 3.09. The summed E-state index contributed by atoms with van der Waals surface area (Å²) < 4.78 is 5.41. The lowest BCUT2D eigenvalue weighted by Gasteiger charge is -2.12. The fourth-order valence-electron chi connectivity index (χ4n) is 1.82. The number of nitrogens with one attached hydrogen (secondary N) is 2. The third-order valence-electron chi connectivity index (χ3n) is 2.86. The minimum atomic E-state index is -1.09. The summed E-state index contributed by atoms with van der Waals surface area (Å²) >= 11 is 5.99. The van der Waals surface area contributed by atoms with Gasteiger partial charge in [-0.3, -0.25) is 9.59 Å². The minimum absolute atomic E-state index is 0.0412. The molecule has 22 heavy (non-hydrogen) atoms. The Balaban J connectivity index is 2.06. The highest BCUT2D eigenvalue weighted by molar-refractivity contribution is 8.24. The smallest absolute Gasteiger partial charge is 0.335 e. The van der Waals surface area contributed by atoms with Crippen LogP contribution in [-0.2, 0) is 9.59 Å². The van der Waals surface area contributed by atoms with Gasteiger partial charge in [0.05, 0.1) is 23.6 Å². The van der Waals surface area contributed by atoms with Crippen LogP contribution >= 0.6 is 24.0 Å². The van der Waals surface area contributed by atoms with Gasteiger partial charge in [0.2, 0.25) is 11.8 Å². The van der Waals surface area contributed by atoms with Gasteiger partial charge in [-0.1, -0.05) is 24.0 Å². The van der Waals surface area contributed by atoms with Crippen LogP contribution in [-0.4, -0.2) is 39.6 Å². The molecule has 2 rings (SSSR count). The van der Waals surface area contributed by atoms with Crippen LogP contribution in [0.15, 0.2) is 18.2 Å². The van der Waals surface area contributed by atoms with Crippen molar-refractivity contribution in [1.82, 2.24) is 5.32 Å². The van der Waals surface area contributed by atoms with Crippen molar-refractivity contribution in [2.24, 2.45) is 0 Å². The molecule has 1 atom stereocenters. The van der Waals surface area contributed by atoms with E-state index in [4.69, 9.17) is 22.1 Å². The van der Waals surface area contributed by atoms with E-state index < -0.39 is 17.1 Å². The van der Waals surface area contributed by atoms with Gasteiger partial charge in [-0.05, 0) is 18.2 Å². The van der Waals surface area contributed by atoms with E-state index in [1.54, 1.807) is 0 Å². The second kappa shape index (κ2) is 6.75. The average molecular weight is 340 g/mol. The van der Waals surface area contributed by atoms with Crippen LogP contribution in [0.1, 0.15) is 16.8 Å². The number of hydrogen-bond donors (Lipinski definition) is 3. The number of thiocarbonyl (C=S) groups is 1. The van der Waals surface area contributed by atoms with Crippen molar-refractivity contribution in [2.75, 3.05) is 12.4 Å². The fraction of sp³-hybridized carbons (Fsp3) is 0.231. The van der Waals surface area contributed by atoms with Crippen molar-refractivity contribution in [3.8, 4) is 5.75 Å². The zero-order valence-corrected chi connectivity index (χ0v) is 13.0. The SMILES string of the molecule is COc1cc(C(=O)O)ccc1NC(=O)C[C@H]1SC(=S)NC1=O. The number of hydrogen-bond acceptors (Lipinski definition) is 6. The zero-order chi connectivity index (χ0) is 16.3. The number of methoxy groups -OCH3 is 1. The molecule has 1 aromatic carbocycles. The maximum absolute atomic E-state index is 12.0. The van der Waals surface area contributed by atoms with Crippen LogP contribution in [0.2, 0.25) is 0 Å². The van der Waals surface area contributed by atoms with Crippen LogP contribution in [0, 0.1) is 0 Å². The largest absolute Gasteiger partial charge is 0.495 e. The Kier molecular flexibility index (Phi) is 4.99. The Morgan fingerprint density at radius 1 is 1.50 bits per heavy atom. The van der Waals surface area contributed by atoms with Gasteiger partial charge in [0.25, 0.3) is 0 Å². The summed E-state index contributed by atoms with van der Waals surface area (Å²) in [5.41, 5.74) is 0.384. The van der Waals surface area contributed by atoms with Gasteiger partial charge in [-0.15, -0.1) is 0 Å². The average Bonchev–Trinajstić information content (AvgIpc) is 2.76. The molecule has 1 aliphatic rings. The monoisotopic (exact) mass is 340 g/mol. The molecule has 0 aromatic heterocycles. The highest BCUT2D eigenvalue weighted by Crippen LogP contribution is 2.27. The normalized spacial score (nSPS) is 17.0. The van der Waals surface area contributed by atoms with E-state index in [1.807, 2.05) is 0 Å². The summed E-state index contributed by atoms with van der Waals surface area (Å²) in [6, 6.07) is 4.10. The first-order valence-corrected chi connectivity index (χ1v) is 7.42. The quantitative estimate of drug-likeness (QED) is 0.693. The van der Waals surface area contributed by atoms with E-state index in [2.05, 4.69) is 10.6 Å². The molecule has 9 heteroatoms. The number of anilines is 1. The molecule has 1 heterocycles. The van der Waals surface area contributed by atoms with Crippen molar-refractivity contribution in [3.63, 3.8) is 0 Å². The molecular formula is C13H12N2O5S2. The number of carboxylic acid groups (broad SMARTS) is 1. The number of aromatic carboxylic acids is 1. The van der Waals surface area contributed by atoms with Crippen LogP contribution in [0.25, 0.3) is 0 Å². The van der Waals surface area contributed by atoms with Crippen molar-refractivity contribution in [2.45, 2.75) is 11.7 Å². The molecule has 7 nitrogen and oxygen atoms in total. The van der Waals surface area contributed by atoms with E-state index in [0.717, 1.165) is 11.8 Å². The molecule has 0 spiro atoms. The van der Waals surface area contributed by atoms with E-state index in [1.165, 1.54) is 25.3 Å². The molecule has 3 N–H and O–H groups in total. The van der Waals surface area contributed by atoms with Crippen LogP contribution in [0.3, 0.4) is 0 Å². The minimum Gasteiger partial charge on any atom is -0.495 e. The van der Waals surface area contributed by atoms with Gasteiger partial charge in [0, 0.05) is 6.42 Å². The molecule has 2 amide bonds. The first-order valence-electron chi connectivity index (χ1n) is 6.13. The number of carboxylic acids is 1. The third-order valence-corrected chi connectivity index (χ3v) is 4.23. The highest BCUT2D eigenvalue weighted by Gasteiger charge is 2.31. The summed E-state index contributed by atoms with van der Waals surface area (Å²) in [5.74, 6) is -1.55. The molecular weight excluding hydrogens is 328 g/mol. The van der Waals surface area contributed by atoms with Crippen molar-refractivity contribution >= 4 is 51.8 Å². The third kappa shape index (κ3) is 3.74. The van der Waals surface area contributed by atoms with Crippen molar-refractivity contribution in [3.05, 3.63) is 23.8 Å². The molecule has 1 saturated heterocycles. The second-order valence-corrected chi connectivity index (χ2v) is 6.24. The molecule has 1 aliphatic heterocycles. The topological polar surface area (TPSA) is 105 Å². The Morgan fingerprint density at radius 3 is 2.77 bits per heavy atom. The molecule has 0 aliphatic carbocycles.